The number of hydrogen-bond donors (Lipinski definition) is 1. The van der Waals surface area contributed by atoms with Gasteiger partial charge in [0.2, 0.25) is 0 Å². The largest absolute Gasteiger partial charge is 0.476 e. The molecule has 1 heterocycles. The van der Waals surface area contributed by atoms with Gasteiger partial charge in [-0.1, -0.05) is 41.4 Å². The van der Waals surface area contributed by atoms with Crippen molar-refractivity contribution in [3.8, 4) is 5.75 Å². The molecule has 30 heavy (non-hydrogen) atoms. The summed E-state index contributed by atoms with van der Waals surface area (Å²) < 4.78 is 10.4. The quantitative estimate of drug-likeness (QED) is 0.412. The number of halogens is 2. The Morgan fingerprint density at radius 1 is 1.17 bits per heavy atom. The zero-order valence-corrected chi connectivity index (χ0v) is 17.7. The molecule has 0 aromatic heterocycles. The summed E-state index contributed by atoms with van der Waals surface area (Å²) >= 11 is 12.5. The molecule has 1 N–H and O–H groups in total. The molecular weight excluding hydrogens is 431 g/mol. The van der Waals surface area contributed by atoms with Crippen molar-refractivity contribution in [2.75, 3.05) is 11.6 Å². The van der Waals surface area contributed by atoms with Gasteiger partial charge >= 0.3 is 5.97 Å². The fraction of sp³-hybridized carbons (Fsp3) is 0.190. The third-order valence-corrected chi connectivity index (χ3v) is 4.71. The lowest BCUT2D eigenvalue weighted by molar-refractivity contribution is -0.150. The van der Waals surface area contributed by atoms with Gasteiger partial charge in [-0.05, 0) is 49.8 Å². The predicted molar refractivity (Wildman–Crippen MR) is 113 cm³/mol. The van der Waals surface area contributed by atoms with E-state index in [1.165, 1.54) is 25.1 Å². The maximum atomic E-state index is 12.7. The second-order valence-electron chi connectivity index (χ2n) is 6.30. The van der Waals surface area contributed by atoms with E-state index in [2.05, 4.69) is 5.43 Å². The molecule has 1 fully saturated rings. The minimum Gasteiger partial charge on any atom is -0.476 e. The smallest absolute Gasteiger partial charge is 0.347 e. The SMILES string of the molecule is CCOC(=O)C(C)Oc1c(Cl)cc(C=C2C(=O)NN(c3ccccc3)C2=O)cc1Cl. The summed E-state index contributed by atoms with van der Waals surface area (Å²) in [7, 11) is 0. The summed E-state index contributed by atoms with van der Waals surface area (Å²) in [4.78, 5) is 36.7. The highest BCUT2D eigenvalue weighted by atomic mass is 35.5. The maximum absolute atomic E-state index is 12.7. The second kappa shape index (κ2) is 9.19. The Balaban J connectivity index is 1.85. The molecule has 1 unspecified atom stereocenters. The average Bonchev–Trinajstić information content (AvgIpc) is 2.99. The molecule has 0 spiro atoms. The molecule has 1 aliphatic rings. The predicted octanol–water partition coefficient (Wildman–Crippen LogP) is 3.79. The molecule has 2 aromatic carbocycles. The van der Waals surface area contributed by atoms with Gasteiger partial charge in [-0.2, -0.15) is 0 Å². The van der Waals surface area contributed by atoms with Crippen molar-refractivity contribution in [2.45, 2.75) is 20.0 Å². The zero-order valence-electron chi connectivity index (χ0n) is 16.1. The lowest BCUT2D eigenvalue weighted by Crippen LogP contribution is -2.35. The van der Waals surface area contributed by atoms with Crippen molar-refractivity contribution in [3.63, 3.8) is 0 Å². The van der Waals surface area contributed by atoms with Crippen molar-refractivity contribution in [1.29, 1.82) is 0 Å². The van der Waals surface area contributed by atoms with Crippen LogP contribution in [0.3, 0.4) is 0 Å². The Morgan fingerprint density at radius 2 is 1.80 bits per heavy atom. The molecule has 1 saturated heterocycles. The van der Waals surface area contributed by atoms with Gasteiger partial charge in [-0.25, -0.2) is 9.80 Å². The number of amides is 2. The Bertz CT molecular complexity index is 1000. The molecule has 0 aliphatic carbocycles. The third kappa shape index (κ3) is 4.58. The first-order valence-corrected chi connectivity index (χ1v) is 9.82. The van der Waals surface area contributed by atoms with E-state index in [4.69, 9.17) is 32.7 Å². The second-order valence-corrected chi connectivity index (χ2v) is 7.12. The summed E-state index contributed by atoms with van der Waals surface area (Å²) in [5.74, 6) is -1.50. The van der Waals surface area contributed by atoms with E-state index in [-0.39, 0.29) is 28.0 Å². The van der Waals surface area contributed by atoms with E-state index in [1.54, 1.807) is 37.3 Å². The van der Waals surface area contributed by atoms with E-state index in [0.29, 0.717) is 11.3 Å². The molecule has 1 aliphatic heterocycles. The fourth-order valence-corrected chi connectivity index (χ4v) is 3.34. The summed E-state index contributed by atoms with van der Waals surface area (Å²) in [6.07, 6.45) is 0.475. The maximum Gasteiger partial charge on any atom is 0.347 e. The Hall–Kier alpha value is -3.03. The number of nitrogens with zero attached hydrogens (tertiary/aromatic N) is 1. The molecule has 9 heteroatoms. The number of ether oxygens (including phenoxy) is 2. The van der Waals surface area contributed by atoms with Crippen LogP contribution in [0, 0.1) is 0 Å². The highest BCUT2D eigenvalue weighted by molar-refractivity contribution is 6.37. The minimum atomic E-state index is -0.911. The molecule has 2 aromatic rings. The molecule has 3 rings (SSSR count). The Labute approximate surface area is 183 Å². The first-order valence-electron chi connectivity index (χ1n) is 9.06. The molecule has 156 valence electrons. The van der Waals surface area contributed by atoms with Crippen LogP contribution >= 0.6 is 23.2 Å². The van der Waals surface area contributed by atoms with Gasteiger partial charge in [0.1, 0.15) is 5.57 Å². The fourth-order valence-electron chi connectivity index (χ4n) is 2.74. The van der Waals surface area contributed by atoms with Crippen molar-refractivity contribution >= 4 is 52.7 Å². The van der Waals surface area contributed by atoms with Crippen molar-refractivity contribution in [1.82, 2.24) is 5.43 Å². The van der Waals surface area contributed by atoms with Crippen LogP contribution in [0.25, 0.3) is 6.08 Å². The Morgan fingerprint density at radius 3 is 2.40 bits per heavy atom. The van der Waals surface area contributed by atoms with Crippen LogP contribution in [-0.2, 0) is 19.1 Å². The normalized spacial score (nSPS) is 15.9. The number of carbonyl (C=O) groups excluding carboxylic acids is 3. The van der Waals surface area contributed by atoms with Gasteiger partial charge in [0.15, 0.2) is 11.9 Å². The van der Waals surface area contributed by atoms with E-state index >= 15 is 0 Å². The van der Waals surface area contributed by atoms with Gasteiger partial charge in [0, 0.05) is 0 Å². The number of nitrogens with one attached hydrogen (secondary N) is 1. The van der Waals surface area contributed by atoms with Crippen molar-refractivity contribution < 1.29 is 23.9 Å². The number of esters is 1. The molecule has 2 amide bonds. The van der Waals surface area contributed by atoms with E-state index in [1.807, 2.05) is 0 Å². The topological polar surface area (TPSA) is 84.9 Å². The van der Waals surface area contributed by atoms with Crippen LogP contribution in [0.15, 0.2) is 48.0 Å². The molecule has 1 atom stereocenters. The van der Waals surface area contributed by atoms with E-state index in [0.717, 1.165) is 5.01 Å². The number of anilines is 1. The highest BCUT2D eigenvalue weighted by Crippen LogP contribution is 2.36. The van der Waals surface area contributed by atoms with Gasteiger partial charge < -0.3 is 9.47 Å². The summed E-state index contributed by atoms with van der Waals surface area (Å²) in [5, 5.41) is 1.41. The van der Waals surface area contributed by atoms with Crippen LogP contribution in [0.2, 0.25) is 10.0 Å². The minimum absolute atomic E-state index is 0.0699. The first-order chi connectivity index (χ1) is 14.3. The van der Waals surface area contributed by atoms with Crippen molar-refractivity contribution in [3.05, 3.63) is 63.6 Å². The third-order valence-electron chi connectivity index (χ3n) is 4.15. The number of hydrazine groups is 1. The molecule has 0 radical (unpaired) electrons. The van der Waals surface area contributed by atoms with Crippen LogP contribution in [0.4, 0.5) is 5.69 Å². The highest BCUT2D eigenvalue weighted by Gasteiger charge is 2.34. The van der Waals surface area contributed by atoms with E-state index < -0.39 is 23.9 Å². The van der Waals surface area contributed by atoms with E-state index in [9.17, 15) is 14.4 Å². The molecule has 0 bridgehead atoms. The van der Waals surface area contributed by atoms with Crippen LogP contribution in [-0.4, -0.2) is 30.5 Å². The lowest BCUT2D eigenvalue weighted by Gasteiger charge is -2.16. The Kier molecular flexibility index (Phi) is 6.64. The number of para-hydroxylation sites is 1. The number of benzene rings is 2. The number of hydrogen-bond acceptors (Lipinski definition) is 5. The summed E-state index contributed by atoms with van der Waals surface area (Å²) in [5.41, 5.74) is 3.41. The average molecular weight is 449 g/mol. The van der Waals surface area contributed by atoms with Gasteiger partial charge in [-0.3, -0.25) is 15.0 Å². The molecule has 7 nitrogen and oxygen atoms in total. The van der Waals surface area contributed by atoms with Crippen LogP contribution in [0.1, 0.15) is 19.4 Å². The summed E-state index contributed by atoms with van der Waals surface area (Å²) in [6, 6.07) is 11.7. The lowest BCUT2D eigenvalue weighted by atomic mass is 10.1. The monoisotopic (exact) mass is 448 g/mol. The molecular formula is C21H18Cl2N2O5. The first kappa shape index (κ1) is 21.7. The van der Waals surface area contributed by atoms with Crippen molar-refractivity contribution in [2.24, 2.45) is 0 Å². The zero-order chi connectivity index (χ0) is 21.8. The van der Waals surface area contributed by atoms with Crippen LogP contribution in [0.5, 0.6) is 5.75 Å². The van der Waals surface area contributed by atoms with Gasteiger partial charge in [-0.15, -0.1) is 0 Å². The van der Waals surface area contributed by atoms with Gasteiger partial charge in [0.05, 0.1) is 22.3 Å². The summed E-state index contributed by atoms with van der Waals surface area (Å²) in [6.45, 7) is 3.42. The number of carbonyl (C=O) groups is 3. The molecule has 0 saturated carbocycles. The number of rotatable bonds is 6. The van der Waals surface area contributed by atoms with Gasteiger partial charge in [0.25, 0.3) is 11.8 Å². The standard InChI is InChI=1S/C21H18Cl2N2O5/c1-3-29-21(28)12(2)30-18-16(22)10-13(11-17(18)23)9-15-19(26)24-25(20(15)27)14-7-5-4-6-8-14/h4-12H,3H2,1-2H3,(H,24,26). The van der Waals surface area contributed by atoms with Crippen LogP contribution < -0.4 is 15.2 Å².